The number of halogens is 2. The first kappa shape index (κ1) is 18.2. The van der Waals surface area contributed by atoms with E-state index in [0.29, 0.717) is 27.8 Å². The number of hydrogen-bond donors (Lipinski definition) is 2. The van der Waals surface area contributed by atoms with Gasteiger partial charge in [0.15, 0.2) is 0 Å². The van der Waals surface area contributed by atoms with Gasteiger partial charge in [-0.05, 0) is 36.2 Å². The maximum Gasteiger partial charge on any atom is 0.252 e. The third kappa shape index (κ3) is 5.22. The van der Waals surface area contributed by atoms with E-state index in [1.807, 2.05) is 30.3 Å². The molecule has 1 heterocycles. The van der Waals surface area contributed by atoms with Gasteiger partial charge in [-0.1, -0.05) is 53.5 Å². The molecule has 3 aromatic rings. The first-order valence-corrected chi connectivity index (χ1v) is 8.86. The van der Waals surface area contributed by atoms with E-state index in [-0.39, 0.29) is 5.91 Å². The highest BCUT2D eigenvalue weighted by molar-refractivity contribution is 6.35. The summed E-state index contributed by atoms with van der Waals surface area (Å²) < 4.78 is 0. The molecule has 26 heavy (non-hydrogen) atoms. The fraction of sp³-hybridized carbons (Fsp3) is 0.100. The monoisotopic (exact) mass is 385 g/mol. The molecule has 4 nitrogen and oxygen atoms in total. The second-order valence-corrected chi connectivity index (χ2v) is 6.61. The van der Waals surface area contributed by atoms with Crippen LogP contribution in [0.1, 0.15) is 15.9 Å². The third-order valence-corrected chi connectivity index (χ3v) is 4.13. The minimum atomic E-state index is -0.166. The Balaban J connectivity index is 1.61. The Bertz CT molecular complexity index is 880. The Morgan fingerprint density at radius 1 is 0.923 bits per heavy atom. The highest BCUT2D eigenvalue weighted by Crippen LogP contribution is 2.25. The van der Waals surface area contributed by atoms with E-state index >= 15 is 0 Å². The van der Waals surface area contributed by atoms with Crippen molar-refractivity contribution in [1.29, 1.82) is 0 Å². The average Bonchev–Trinajstić information content (AvgIpc) is 2.62. The smallest absolute Gasteiger partial charge is 0.252 e. The normalized spacial score (nSPS) is 10.4. The van der Waals surface area contributed by atoms with Crippen LogP contribution in [0.4, 0.5) is 11.4 Å². The Kier molecular flexibility index (Phi) is 6.10. The summed E-state index contributed by atoms with van der Waals surface area (Å²) in [5.74, 6) is -0.166. The highest BCUT2D eigenvalue weighted by Gasteiger charge is 2.07. The maximum absolute atomic E-state index is 12.3. The SMILES string of the molecule is O=C(NCCc1ccccc1)c1cncc(Nc2cc(Cl)cc(Cl)c2)c1. The van der Waals surface area contributed by atoms with Crippen molar-refractivity contribution in [3.8, 4) is 0 Å². The molecule has 132 valence electrons. The van der Waals surface area contributed by atoms with Crippen LogP contribution in [0, 0.1) is 0 Å². The number of anilines is 2. The Morgan fingerprint density at radius 3 is 2.38 bits per heavy atom. The fourth-order valence-electron chi connectivity index (χ4n) is 2.49. The summed E-state index contributed by atoms with van der Waals surface area (Å²) in [5.41, 5.74) is 3.07. The second-order valence-electron chi connectivity index (χ2n) is 5.74. The second kappa shape index (κ2) is 8.70. The van der Waals surface area contributed by atoms with Crippen molar-refractivity contribution < 1.29 is 4.79 Å². The minimum absolute atomic E-state index is 0.166. The molecule has 0 fully saturated rings. The van der Waals surface area contributed by atoms with Crippen LogP contribution in [-0.4, -0.2) is 17.4 Å². The molecule has 1 amide bonds. The van der Waals surface area contributed by atoms with Gasteiger partial charge in [-0.25, -0.2) is 0 Å². The summed E-state index contributed by atoms with van der Waals surface area (Å²) >= 11 is 12.0. The Morgan fingerprint density at radius 2 is 1.65 bits per heavy atom. The zero-order valence-corrected chi connectivity index (χ0v) is 15.4. The van der Waals surface area contributed by atoms with Gasteiger partial charge in [-0.15, -0.1) is 0 Å². The van der Waals surface area contributed by atoms with E-state index in [4.69, 9.17) is 23.2 Å². The standard InChI is InChI=1S/C20H17Cl2N3O/c21-16-9-17(22)11-18(10-16)25-19-8-15(12-23-13-19)20(26)24-7-6-14-4-2-1-3-5-14/h1-5,8-13,25H,6-7H2,(H,24,26). The van der Waals surface area contributed by atoms with Gasteiger partial charge in [0, 0.05) is 28.5 Å². The maximum atomic E-state index is 12.3. The predicted octanol–water partition coefficient (Wildman–Crippen LogP) is 5.10. The van der Waals surface area contributed by atoms with Crippen molar-refractivity contribution in [3.05, 3.63) is 88.2 Å². The van der Waals surface area contributed by atoms with E-state index in [1.165, 1.54) is 11.8 Å². The number of amides is 1. The van der Waals surface area contributed by atoms with Crippen molar-refractivity contribution >= 4 is 40.5 Å². The van der Waals surface area contributed by atoms with Crippen molar-refractivity contribution in [2.75, 3.05) is 11.9 Å². The molecule has 0 aliphatic carbocycles. The van der Waals surface area contributed by atoms with Crippen LogP contribution < -0.4 is 10.6 Å². The topological polar surface area (TPSA) is 54.0 Å². The van der Waals surface area contributed by atoms with Crippen LogP contribution in [-0.2, 0) is 6.42 Å². The quantitative estimate of drug-likeness (QED) is 0.620. The molecule has 6 heteroatoms. The van der Waals surface area contributed by atoms with Gasteiger partial charge in [0.2, 0.25) is 0 Å². The van der Waals surface area contributed by atoms with E-state index in [2.05, 4.69) is 15.6 Å². The van der Waals surface area contributed by atoms with Crippen LogP contribution >= 0.6 is 23.2 Å². The molecule has 0 saturated carbocycles. The van der Waals surface area contributed by atoms with Crippen molar-refractivity contribution in [3.63, 3.8) is 0 Å². The van der Waals surface area contributed by atoms with E-state index < -0.39 is 0 Å². The molecular weight excluding hydrogens is 369 g/mol. The van der Waals surface area contributed by atoms with Crippen molar-refractivity contribution in [2.24, 2.45) is 0 Å². The molecule has 1 aromatic heterocycles. The lowest BCUT2D eigenvalue weighted by Gasteiger charge is -2.09. The summed E-state index contributed by atoms with van der Waals surface area (Å²) in [7, 11) is 0. The molecule has 2 N–H and O–H groups in total. The first-order valence-electron chi connectivity index (χ1n) is 8.10. The molecular formula is C20H17Cl2N3O. The van der Waals surface area contributed by atoms with Crippen LogP contribution in [0.15, 0.2) is 67.0 Å². The number of rotatable bonds is 6. The number of nitrogens with zero attached hydrogens (tertiary/aromatic N) is 1. The number of nitrogens with one attached hydrogen (secondary N) is 2. The zero-order valence-electron chi connectivity index (χ0n) is 13.9. The van der Waals surface area contributed by atoms with E-state index in [1.54, 1.807) is 30.5 Å². The molecule has 3 rings (SSSR count). The summed E-state index contributed by atoms with van der Waals surface area (Å²) in [6.07, 6.45) is 3.95. The lowest BCUT2D eigenvalue weighted by molar-refractivity contribution is 0.0954. The lowest BCUT2D eigenvalue weighted by Crippen LogP contribution is -2.25. The van der Waals surface area contributed by atoms with Gasteiger partial charge < -0.3 is 10.6 Å². The Labute approximate surface area is 162 Å². The summed E-state index contributed by atoms with van der Waals surface area (Å²) in [4.78, 5) is 16.5. The Hall–Kier alpha value is -2.56. The number of aromatic nitrogens is 1. The van der Waals surface area contributed by atoms with Gasteiger partial charge in [0.1, 0.15) is 0 Å². The zero-order chi connectivity index (χ0) is 18.4. The number of benzene rings is 2. The number of carbonyl (C=O) groups is 1. The van der Waals surface area contributed by atoms with Gasteiger partial charge in [-0.3, -0.25) is 9.78 Å². The van der Waals surface area contributed by atoms with Gasteiger partial charge in [0.25, 0.3) is 5.91 Å². The largest absolute Gasteiger partial charge is 0.354 e. The van der Waals surface area contributed by atoms with Crippen LogP contribution in [0.3, 0.4) is 0 Å². The fourth-order valence-corrected chi connectivity index (χ4v) is 3.02. The predicted molar refractivity (Wildman–Crippen MR) is 106 cm³/mol. The van der Waals surface area contributed by atoms with Crippen LogP contribution in [0.5, 0.6) is 0 Å². The lowest BCUT2D eigenvalue weighted by atomic mass is 10.1. The van der Waals surface area contributed by atoms with Gasteiger partial charge in [0.05, 0.1) is 17.4 Å². The number of hydrogen-bond acceptors (Lipinski definition) is 3. The highest BCUT2D eigenvalue weighted by atomic mass is 35.5. The number of pyridine rings is 1. The van der Waals surface area contributed by atoms with E-state index in [9.17, 15) is 4.79 Å². The molecule has 0 unspecified atom stereocenters. The molecule has 0 saturated heterocycles. The molecule has 0 aliphatic heterocycles. The van der Waals surface area contributed by atoms with Gasteiger partial charge in [-0.2, -0.15) is 0 Å². The average molecular weight is 386 g/mol. The van der Waals surface area contributed by atoms with Crippen LogP contribution in [0.25, 0.3) is 0 Å². The van der Waals surface area contributed by atoms with Crippen LogP contribution in [0.2, 0.25) is 10.0 Å². The molecule has 2 aromatic carbocycles. The molecule has 0 spiro atoms. The molecule has 0 aliphatic rings. The summed E-state index contributed by atoms with van der Waals surface area (Å²) in [6, 6.07) is 16.9. The molecule has 0 bridgehead atoms. The number of carbonyl (C=O) groups excluding carboxylic acids is 1. The molecule has 0 atom stereocenters. The van der Waals surface area contributed by atoms with Crippen molar-refractivity contribution in [2.45, 2.75) is 6.42 Å². The first-order chi connectivity index (χ1) is 12.6. The van der Waals surface area contributed by atoms with Crippen molar-refractivity contribution in [1.82, 2.24) is 10.3 Å². The molecule has 0 radical (unpaired) electrons. The van der Waals surface area contributed by atoms with E-state index in [0.717, 1.165) is 12.1 Å². The summed E-state index contributed by atoms with van der Waals surface area (Å²) in [5, 5.41) is 7.12. The van der Waals surface area contributed by atoms with Gasteiger partial charge >= 0.3 is 0 Å². The third-order valence-electron chi connectivity index (χ3n) is 3.69. The minimum Gasteiger partial charge on any atom is -0.354 e. The summed E-state index contributed by atoms with van der Waals surface area (Å²) in [6.45, 7) is 0.560.